The molecule has 0 radical (unpaired) electrons. The van der Waals surface area contributed by atoms with E-state index >= 15 is 0 Å². The summed E-state index contributed by atoms with van der Waals surface area (Å²) >= 11 is 6.90. The number of Topliss-reactive ketones (excluding diaryl/α,β-unsaturated/α-hetero) is 1. The van der Waals surface area contributed by atoms with Gasteiger partial charge in [-0.15, -0.1) is 11.6 Å². The summed E-state index contributed by atoms with van der Waals surface area (Å²) in [4.78, 5) is 21.5. The van der Waals surface area contributed by atoms with Crippen LogP contribution in [0.3, 0.4) is 0 Å². The van der Waals surface area contributed by atoms with E-state index < -0.39 is 5.97 Å². The lowest BCUT2D eigenvalue weighted by atomic mass is 10.3. The molecule has 0 saturated heterocycles. The zero-order chi connectivity index (χ0) is 10.1. The molecule has 0 aliphatic heterocycles. The van der Waals surface area contributed by atoms with Gasteiger partial charge in [-0.3, -0.25) is 9.59 Å². The molecule has 0 N–H and O–H groups in total. The number of rotatable bonds is 7. The van der Waals surface area contributed by atoms with E-state index in [4.69, 9.17) is 16.3 Å². The molecule has 13 heavy (non-hydrogen) atoms. The Kier molecular flexibility index (Phi) is 8.24. The van der Waals surface area contributed by atoms with E-state index in [1.54, 1.807) is 11.8 Å². The highest BCUT2D eigenvalue weighted by Gasteiger charge is 2.08. The van der Waals surface area contributed by atoms with Crippen LogP contribution in [0.4, 0.5) is 0 Å². The number of halogens is 1. The Morgan fingerprint density at radius 2 is 2.15 bits per heavy atom. The second kappa shape index (κ2) is 8.38. The Hall–Kier alpha value is -0.220. The van der Waals surface area contributed by atoms with Crippen LogP contribution in [-0.2, 0) is 14.3 Å². The molecule has 76 valence electrons. The van der Waals surface area contributed by atoms with Crippen LogP contribution in [0.2, 0.25) is 0 Å². The fraction of sp³-hybridized carbons (Fsp3) is 0.750. The van der Waals surface area contributed by atoms with Crippen molar-refractivity contribution in [3.8, 4) is 0 Å². The number of thioether (sulfide) groups is 1. The molecule has 5 heteroatoms. The SMILES string of the molecule is CCSCCOC(=O)CC(=O)CCl. The smallest absolute Gasteiger partial charge is 0.313 e. The highest BCUT2D eigenvalue weighted by Crippen LogP contribution is 1.98. The summed E-state index contributed by atoms with van der Waals surface area (Å²) in [5, 5.41) is 0. The maximum atomic E-state index is 10.9. The fourth-order valence-corrected chi connectivity index (χ4v) is 1.20. The van der Waals surface area contributed by atoms with E-state index in [2.05, 4.69) is 0 Å². The second-order valence-electron chi connectivity index (χ2n) is 2.27. The largest absolute Gasteiger partial charge is 0.464 e. The summed E-state index contributed by atoms with van der Waals surface area (Å²) in [6.07, 6.45) is -0.208. The molecule has 0 spiro atoms. The minimum atomic E-state index is -0.484. The van der Waals surface area contributed by atoms with E-state index in [1.165, 1.54) is 0 Å². The number of alkyl halides is 1. The number of hydrogen-bond acceptors (Lipinski definition) is 4. The Morgan fingerprint density at radius 3 is 2.69 bits per heavy atom. The van der Waals surface area contributed by atoms with Crippen LogP contribution in [0.25, 0.3) is 0 Å². The summed E-state index contributed by atoms with van der Waals surface area (Å²) in [5.41, 5.74) is 0. The average Bonchev–Trinajstić information content (AvgIpc) is 2.12. The van der Waals surface area contributed by atoms with Crippen LogP contribution in [0.1, 0.15) is 13.3 Å². The van der Waals surface area contributed by atoms with Crippen LogP contribution >= 0.6 is 23.4 Å². The van der Waals surface area contributed by atoms with Gasteiger partial charge in [-0.2, -0.15) is 11.8 Å². The molecular weight excluding hydrogens is 212 g/mol. The Bertz CT molecular complexity index is 173. The van der Waals surface area contributed by atoms with Crippen LogP contribution in [0.15, 0.2) is 0 Å². The molecule has 3 nitrogen and oxygen atoms in total. The highest BCUT2D eigenvalue weighted by atomic mass is 35.5. The first-order chi connectivity index (χ1) is 6.20. The van der Waals surface area contributed by atoms with E-state index in [9.17, 15) is 9.59 Å². The molecule has 0 unspecified atom stereocenters. The van der Waals surface area contributed by atoms with Crippen molar-refractivity contribution in [2.75, 3.05) is 24.0 Å². The van der Waals surface area contributed by atoms with Gasteiger partial charge in [-0.05, 0) is 5.75 Å². The standard InChI is InChI=1S/C8H13ClO3S/c1-2-13-4-3-12-8(11)5-7(10)6-9/h2-6H2,1H3. The summed E-state index contributed by atoms with van der Waals surface area (Å²) in [6, 6.07) is 0. The first kappa shape index (κ1) is 12.8. The van der Waals surface area contributed by atoms with Crippen molar-refractivity contribution in [1.29, 1.82) is 0 Å². The maximum absolute atomic E-state index is 10.9. The van der Waals surface area contributed by atoms with E-state index in [-0.39, 0.29) is 18.1 Å². The summed E-state index contributed by atoms with van der Waals surface area (Å²) in [5.74, 6) is 0.867. The molecule has 0 aliphatic rings. The third-order valence-electron chi connectivity index (χ3n) is 1.19. The lowest BCUT2D eigenvalue weighted by Gasteiger charge is -2.02. The van der Waals surface area contributed by atoms with Gasteiger partial charge in [0.2, 0.25) is 0 Å². The molecule has 0 atom stereocenters. The van der Waals surface area contributed by atoms with E-state index in [0.29, 0.717) is 6.61 Å². The van der Waals surface area contributed by atoms with Crippen molar-refractivity contribution in [1.82, 2.24) is 0 Å². The van der Waals surface area contributed by atoms with Crippen molar-refractivity contribution in [3.05, 3.63) is 0 Å². The van der Waals surface area contributed by atoms with Gasteiger partial charge in [-0.25, -0.2) is 0 Å². The normalized spacial score (nSPS) is 9.69. The maximum Gasteiger partial charge on any atom is 0.313 e. The predicted octanol–water partition coefficient (Wildman–Crippen LogP) is 1.48. The topological polar surface area (TPSA) is 43.4 Å². The summed E-state index contributed by atoms with van der Waals surface area (Å²) in [6.45, 7) is 2.40. The van der Waals surface area contributed by atoms with Gasteiger partial charge in [0.15, 0.2) is 5.78 Å². The molecule has 0 heterocycles. The number of carbonyl (C=O) groups is 2. The zero-order valence-corrected chi connectivity index (χ0v) is 9.12. The molecule has 0 bridgehead atoms. The third kappa shape index (κ3) is 8.12. The van der Waals surface area contributed by atoms with Gasteiger partial charge < -0.3 is 4.74 Å². The van der Waals surface area contributed by atoms with Crippen molar-refractivity contribution in [2.45, 2.75) is 13.3 Å². The molecule has 0 amide bonds. The van der Waals surface area contributed by atoms with Gasteiger partial charge in [0, 0.05) is 5.75 Å². The average molecular weight is 225 g/mol. The van der Waals surface area contributed by atoms with Crippen molar-refractivity contribution in [3.63, 3.8) is 0 Å². The highest BCUT2D eigenvalue weighted by molar-refractivity contribution is 7.99. The lowest BCUT2D eigenvalue weighted by molar-refractivity contribution is -0.145. The Balaban J connectivity index is 3.35. The molecule has 0 aromatic carbocycles. The number of esters is 1. The minimum Gasteiger partial charge on any atom is -0.464 e. The summed E-state index contributed by atoms with van der Waals surface area (Å²) < 4.78 is 4.78. The minimum absolute atomic E-state index is 0.126. The number of ether oxygens (including phenoxy) is 1. The van der Waals surface area contributed by atoms with Crippen LogP contribution < -0.4 is 0 Å². The van der Waals surface area contributed by atoms with Crippen molar-refractivity contribution >= 4 is 35.1 Å². The first-order valence-electron chi connectivity index (χ1n) is 4.01. The molecule has 0 saturated carbocycles. The molecule has 0 aromatic heterocycles. The lowest BCUT2D eigenvalue weighted by Crippen LogP contribution is -2.13. The second-order valence-corrected chi connectivity index (χ2v) is 3.93. The van der Waals surface area contributed by atoms with Crippen LogP contribution in [0, 0.1) is 0 Å². The van der Waals surface area contributed by atoms with Crippen LogP contribution in [0.5, 0.6) is 0 Å². The van der Waals surface area contributed by atoms with Crippen molar-refractivity contribution in [2.24, 2.45) is 0 Å². The quantitative estimate of drug-likeness (QED) is 0.284. The molecule has 0 fully saturated rings. The molecule has 0 aromatic rings. The molecule has 0 aliphatic carbocycles. The fourth-order valence-electron chi connectivity index (χ4n) is 0.618. The third-order valence-corrected chi connectivity index (χ3v) is 2.35. The predicted molar refractivity (Wildman–Crippen MR) is 54.3 cm³/mol. The Morgan fingerprint density at radius 1 is 1.46 bits per heavy atom. The summed E-state index contributed by atoms with van der Waals surface area (Å²) in [7, 11) is 0. The number of ketones is 1. The van der Waals surface area contributed by atoms with Crippen molar-refractivity contribution < 1.29 is 14.3 Å². The monoisotopic (exact) mass is 224 g/mol. The van der Waals surface area contributed by atoms with Crippen LogP contribution in [-0.4, -0.2) is 35.7 Å². The van der Waals surface area contributed by atoms with Gasteiger partial charge in [0.1, 0.15) is 13.0 Å². The van der Waals surface area contributed by atoms with Gasteiger partial charge >= 0.3 is 5.97 Å². The Labute approximate surface area is 87.2 Å². The van der Waals surface area contributed by atoms with E-state index in [1.807, 2.05) is 6.92 Å². The number of hydrogen-bond donors (Lipinski definition) is 0. The van der Waals surface area contributed by atoms with E-state index in [0.717, 1.165) is 11.5 Å². The van der Waals surface area contributed by atoms with Gasteiger partial charge in [0.25, 0.3) is 0 Å². The van der Waals surface area contributed by atoms with Gasteiger partial charge in [0.05, 0.1) is 5.88 Å². The number of carbonyl (C=O) groups excluding carboxylic acids is 2. The van der Waals surface area contributed by atoms with Gasteiger partial charge in [-0.1, -0.05) is 6.92 Å². The first-order valence-corrected chi connectivity index (χ1v) is 5.70. The molecular formula is C8H13ClO3S. The zero-order valence-electron chi connectivity index (χ0n) is 7.55. The molecule has 0 rings (SSSR count).